The van der Waals surface area contributed by atoms with Gasteiger partial charge in [0, 0.05) is 24.0 Å². The zero-order chi connectivity index (χ0) is 22.6. The highest BCUT2D eigenvalue weighted by atomic mass is 32.2. The molecule has 0 fully saturated rings. The molecule has 0 unspecified atom stereocenters. The molecule has 0 aliphatic rings. The number of sulfonamides is 1. The number of rotatable bonds is 6. The summed E-state index contributed by atoms with van der Waals surface area (Å²) < 4.78 is 59.4. The Bertz CT molecular complexity index is 1240. The minimum Gasteiger partial charge on any atom is -0.450 e. The predicted molar refractivity (Wildman–Crippen MR) is 110 cm³/mol. The predicted octanol–water partition coefficient (Wildman–Crippen LogP) is 4.10. The van der Waals surface area contributed by atoms with Crippen LogP contribution >= 0.6 is 0 Å². The van der Waals surface area contributed by atoms with Gasteiger partial charge in [-0.3, -0.25) is 15.0 Å². The van der Waals surface area contributed by atoms with Gasteiger partial charge >= 0.3 is 6.09 Å². The van der Waals surface area contributed by atoms with Crippen LogP contribution in [0.15, 0.2) is 53.7 Å². The summed E-state index contributed by atoms with van der Waals surface area (Å²) in [5.74, 6) is -1.87. The maximum atomic E-state index is 14.0. The van der Waals surface area contributed by atoms with Gasteiger partial charge in [-0.1, -0.05) is 0 Å². The lowest BCUT2D eigenvalue weighted by Gasteiger charge is -2.13. The van der Waals surface area contributed by atoms with E-state index in [1.165, 1.54) is 18.5 Å². The summed E-state index contributed by atoms with van der Waals surface area (Å²) >= 11 is 0. The van der Waals surface area contributed by atoms with Gasteiger partial charge in [-0.25, -0.2) is 27.0 Å². The number of nitrogens with zero attached hydrogens (tertiary/aromatic N) is 2. The number of anilines is 2. The Morgan fingerprint density at radius 1 is 1.10 bits per heavy atom. The molecule has 3 aromatic rings. The van der Waals surface area contributed by atoms with E-state index in [2.05, 4.69) is 20.0 Å². The molecule has 0 radical (unpaired) electrons. The van der Waals surface area contributed by atoms with Gasteiger partial charge in [-0.05, 0) is 49.7 Å². The maximum Gasteiger partial charge on any atom is 0.412 e. The van der Waals surface area contributed by atoms with Crippen molar-refractivity contribution in [1.29, 1.82) is 0 Å². The van der Waals surface area contributed by atoms with Crippen molar-refractivity contribution in [2.24, 2.45) is 0 Å². The Morgan fingerprint density at radius 2 is 1.87 bits per heavy atom. The van der Waals surface area contributed by atoms with E-state index in [-0.39, 0.29) is 18.1 Å². The lowest BCUT2D eigenvalue weighted by atomic mass is 10.1. The highest BCUT2D eigenvalue weighted by molar-refractivity contribution is 7.92. The molecule has 0 bridgehead atoms. The molecule has 2 heterocycles. The third-order valence-electron chi connectivity index (χ3n) is 4.11. The quantitative estimate of drug-likeness (QED) is 0.588. The van der Waals surface area contributed by atoms with E-state index < -0.39 is 32.6 Å². The minimum atomic E-state index is -4.33. The molecule has 0 aliphatic heterocycles. The first kappa shape index (κ1) is 22.1. The molecule has 0 saturated heterocycles. The van der Waals surface area contributed by atoms with Crippen LogP contribution in [0.4, 0.5) is 25.1 Å². The first-order chi connectivity index (χ1) is 14.7. The van der Waals surface area contributed by atoms with Crippen LogP contribution < -0.4 is 10.0 Å². The lowest BCUT2D eigenvalue weighted by Crippen LogP contribution is -2.16. The normalized spacial score (nSPS) is 11.1. The zero-order valence-corrected chi connectivity index (χ0v) is 17.3. The second kappa shape index (κ2) is 9.04. The van der Waals surface area contributed by atoms with E-state index in [0.717, 1.165) is 12.1 Å². The number of halogens is 2. The standard InChI is InChI=1S/C20H18F2N4O4S/c1-3-30-20(27)25-19-9-13(6-7-23-19)14-8-17(12(2)24-11-14)26-31(28,29)18-5-4-15(21)10-16(18)22/h4-11,26H,3H2,1-2H3,(H,23,25,27). The van der Waals surface area contributed by atoms with Gasteiger partial charge in [0.25, 0.3) is 10.0 Å². The number of carbonyl (C=O) groups excluding carboxylic acids is 1. The second-order valence-electron chi connectivity index (χ2n) is 6.31. The van der Waals surface area contributed by atoms with Crippen LogP contribution in [0, 0.1) is 18.6 Å². The molecule has 3 rings (SSSR count). The van der Waals surface area contributed by atoms with Crippen molar-refractivity contribution in [1.82, 2.24) is 9.97 Å². The van der Waals surface area contributed by atoms with E-state index >= 15 is 0 Å². The van der Waals surface area contributed by atoms with Crippen LogP contribution in [-0.2, 0) is 14.8 Å². The molecule has 11 heteroatoms. The van der Waals surface area contributed by atoms with Gasteiger partial charge in [0.1, 0.15) is 22.3 Å². The largest absolute Gasteiger partial charge is 0.450 e. The van der Waals surface area contributed by atoms with Gasteiger partial charge in [-0.15, -0.1) is 0 Å². The fourth-order valence-corrected chi connectivity index (χ4v) is 3.81. The van der Waals surface area contributed by atoms with Crippen molar-refractivity contribution in [3.63, 3.8) is 0 Å². The van der Waals surface area contributed by atoms with Gasteiger partial charge in [-0.2, -0.15) is 0 Å². The highest BCUT2D eigenvalue weighted by Gasteiger charge is 2.21. The summed E-state index contributed by atoms with van der Waals surface area (Å²) in [6.07, 6.45) is 2.30. The molecule has 0 atom stereocenters. The minimum absolute atomic E-state index is 0.109. The van der Waals surface area contributed by atoms with Crippen molar-refractivity contribution in [3.05, 3.63) is 66.1 Å². The summed E-state index contributed by atoms with van der Waals surface area (Å²) in [6.45, 7) is 3.44. The van der Waals surface area contributed by atoms with E-state index in [1.54, 1.807) is 26.0 Å². The number of aromatic nitrogens is 2. The molecule has 8 nitrogen and oxygen atoms in total. The van der Waals surface area contributed by atoms with Crippen LogP contribution in [0.1, 0.15) is 12.6 Å². The van der Waals surface area contributed by atoms with Crippen LogP contribution in [0.5, 0.6) is 0 Å². The monoisotopic (exact) mass is 448 g/mol. The molecule has 0 saturated carbocycles. The van der Waals surface area contributed by atoms with E-state index in [9.17, 15) is 22.0 Å². The number of pyridine rings is 2. The number of aryl methyl sites for hydroxylation is 1. The van der Waals surface area contributed by atoms with E-state index in [4.69, 9.17) is 4.74 Å². The topological polar surface area (TPSA) is 110 Å². The molecular formula is C20H18F2N4O4S. The highest BCUT2D eigenvalue weighted by Crippen LogP contribution is 2.27. The first-order valence-corrected chi connectivity index (χ1v) is 10.5. The fraction of sp³-hybridized carbons (Fsp3) is 0.150. The van der Waals surface area contributed by atoms with Crippen LogP contribution in [-0.4, -0.2) is 31.1 Å². The molecule has 2 N–H and O–H groups in total. The number of hydrogen-bond acceptors (Lipinski definition) is 6. The number of carbonyl (C=O) groups is 1. The van der Waals surface area contributed by atoms with E-state index in [1.807, 2.05) is 0 Å². The van der Waals surface area contributed by atoms with Gasteiger partial charge < -0.3 is 4.74 Å². The Balaban J connectivity index is 1.91. The smallest absolute Gasteiger partial charge is 0.412 e. The number of nitrogens with one attached hydrogen (secondary N) is 2. The van der Waals surface area contributed by atoms with Crippen molar-refractivity contribution < 1.29 is 26.7 Å². The average molecular weight is 448 g/mol. The fourth-order valence-electron chi connectivity index (χ4n) is 2.64. The van der Waals surface area contributed by atoms with Crippen LogP contribution in [0.2, 0.25) is 0 Å². The Labute approximate surface area is 177 Å². The molecule has 162 valence electrons. The van der Waals surface area contributed by atoms with Gasteiger partial charge in [0.15, 0.2) is 0 Å². The second-order valence-corrected chi connectivity index (χ2v) is 7.96. The SMILES string of the molecule is CCOC(=O)Nc1cc(-c2cnc(C)c(NS(=O)(=O)c3ccc(F)cc3F)c2)ccn1. The number of hydrogen-bond donors (Lipinski definition) is 2. The molecule has 1 amide bonds. The molecular weight excluding hydrogens is 430 g/mol. The van der Waals surface area contributed by atoms with Crippen LogP contribution in [0.3, 0.4) is 0 Å². The summed E-state index contributed by atoms with van der Waals surface area (Å²) in [5.41, 5.74) is 1.55. The number of benzene rings is 1. The number of amides is 1. The Hall–Kier alpha value is -3.60. The van der Waals surface area contributed by atoms with Gasteiger partial charge in [0.2, 0.25) is 0 Å². The average Bonchev–Trinajstić information content (AvgIpc) is 2.69. The lowest BCUT2D eigenvalue weighted by molar-refractivity contribution is 0.168. The van der Waals surface area contributed by atoms with Crippen molar-refractivity contribution >= 4 is 27.6 Å². The number of ether oxygens (including phenoxy) is 1. The zero-order valence-electron chi connectivity index (χ0n) is 16.5. The molecule has 0 aliphatic carbocycles. The van der Waals surface area contributed by atoms with Gasteiger partial charge in [0.05, 0.1) is 18.0 Å². The summed E-state index contributed by atoms with van der Waals surface area (Å²) in [7, 11) is -4.33. The molecule has 1 aromatic carbocycles. The van der Waals surface area contributed by atoms with Crippen molar-refractivity contribution in [3.8, 4) is 11.1 Å². The summed E-state index contributed by atoms with van der Waals surface area (Å²) in [6, 6.07) is 6.89. The third-order valence-corrected chi connectivity index (χ3v) is 5.51. The Kier molecular flexibility index (Phi) is 6.44. The maximum absolute atomic E-state index is 14.0. The van der Waals surface area contributed by atoms with E-state index in [0.29, 0.717) is 22.9 Å². The molecule has 2 aromatic heterocycles. The molecule has 31 heavy (non-hydrogen) atoms. The van der Waals surface area contributed by atoms with Crippen molar-refractivity contribution in [2.45, 2.75) is 18.7 Å². The van der Waals surface area contributed by atoms with Crippen molar-refractivity contribution in [2.75, 3.05) is 16.6 Å². The Morgan fingerprint density at radius 3 is 2.58 bits per heavy atom. The summed E-state index contributed by atoms with van der Waals surface area (Å²) in [4.78, 5) is 19.1. The summed E-state index contributed by atoms with van der Waals surface area (Å²) in [5, 5.41) is 2.47. The first-order valence-electron chi connectivity index (χ1n) is 9.04. The van der Waals surface area contributed by atoms with Crippen LogP contribution in [0.25, 0.3) is 11.1 Å². The molecule has 0 spiro atoms. The third kappa shape index (κ3) is 5.31.